The monoisotopic (exact) mass is 268 g/mol. The molecular weight excluding hydrogens is 240 g/mol. The zero-order valence-corrected chi connectivity index (χ0v) is 12.1. The molecule has 3 aliphatic rings. The molecule has 0 radical (unpaired) electrons. The largest absolute Gasteiger partial charge is 0.348 e. The third-order valence-corrected chi connectivity index (χ3v) is 5.36. The number of nitrogens with two attached hydrogens (primary N) is 1. The molecule has 1 spiro atoms. The summed E-state index contributed by atoms with van der Waals surface area (Å²) in [6.07, 6.45) is 7.15. The zero-order valence-electron chi connectivity index (χ0n) is 12.1. The topological polar surface area (TPSA) is 47.7 Å². The lowest BCUT2D eigenvalue weighted by atomic mass is 9.85. The van der Waals surface area contributed by atoms with Gasteiger partial charge in [-0.2, -0.15) is 0 Å². The van der Waals surface area contributed by atoms with Gasteiger partial charge in [0.15, 0.2) is 5.79 Å². The van der Waals surface area contributed by atoms with Gasteiger partial charge in [0.25, 0.3) is 0 Å². The first kappa shape index (κ1) is 13.8. The van der Waals surface area contributed by atoms with Crippen molar-refractivity contribution in [3.8, 4) is 0 Å². The summed E-state index contributed by atoms with van der Waals surface area (Å²) < 4.78 is 11.7. The minimum absolute atomic E-state index is 0.219. The van der Waals surface area contributed by atoms with Gasteiger partial charge in [-0.25, -0.2) is 0 Å². The van der Waals surface area contributed by atoms with Crippen molar-refractivity contribution in [3.05, 3.63) is 0 Å². The van der Waals surface area contributed by atoms with Crippen LogP contribution in [0.15, 0.2) is 0 Å². The van der Waals surface area contributed by atoms with Crippen molar-refractivity contribution in [3.63, 3.8) is 0 Å². The molecule has 1 aliphatic carbocycles. The van der Waals surface area contributed by atoms with E-state index >= 15 is 0 Å². The molecule has 2 aliphatic heterocycles. The van der Waals surface area contributed by atoms with E-state index in [-0.39, 0.29) is 5.79 Å². The van der Waals surface area contributed by atoms with Crippen LogP contribution in [0.25, 0.3) is 0 Å². The van der Waals surface area contributed by atoms with Gasteiger partial charge in [-0.05, 0) is 45.1 Å². The summed E-state index contributed by atoms with van der Waals surface area (Å²) in [7, 11) is 0. The van der Waals surface area contributed by atoms with Gasteiger partial charge in [0.05, 0.1) is 13.2 Å². The van der Waals surface area contributed by atoms with Crippen LogP contribution in [0.1, 0.15) is 45.4 Å². The lowest BCUT2D eigenvalue weighted by molar-refractivity contribution is -0.185. The average molecular weight is 268 g/mol. The van der Waals surface area contributed by atoms with E-state index in [1.54, 1.807) is 0 Å². The van der Waals surface area contributed by atoms with Crippen molar-refractivity contribution >= 4 is 0 Å². The first-order valence-corrected chi connectivity index (χ1v) is 7.96. The quantitative estimate of drug-likeness (QED) is 0.828. The maximum absolute atomic E-state index is 5.87. The molecule has 4 nitrogen and oxygen atoms in total. The molecule has 0 amide bonds. The maximum Gasteiger partial charge on any atom is 0.168 e. The van der Waals surface area contributed by atoms with E-state index in [0.717, 1.165) is 32.6 Å². The number of hydrogen-bond acceptors (Lipinski definition) is 4. The Hall–Kier alpha value is -0.160. The molecule has 2 atom stereocenters. The molecule has 1 saturated carbocycles. The Morgan fingerprint density at radius 1 is 1.11 bits per heavy atom. The first-order valence-electron chi connectivity index (χ1n) is 7.96. The Morgan fingerprint density at radius 2 is 1.79 bits per heavy atom. The van der Waals surface area contributed by atoms with Gasteiger partial charge in [0, 0.05) is 31.5 Å². The van der Waals surface area contributed by atoms with Crippen LogP contribution in [0.3, 0.4) is 0 Å². The molecule has 0 aromatic rings. The minimum Gasteiger partial charge on any atom is -0.348 e. The lowest BCUT2D eigenvalue weighted by Crippen LogP contribution is -2.52. The fourth-order valence-electron chi connectivity index (χ4n) is 4.07. The second kappa shape index (κ2) is 5.68. The van der Waals surface area contributed by atoms with E-state index in [9.17, 15) is 0 Å². The van der Waals surface area contributed by atoms with Crippen LogP contribution in [0.4, 0.5) is 0 Å². The fraction of sp³-hybridized carbons (Fsp3) is 1.00. The molecule has 3 rings (SSSR count). The smallest absolute Gasteiger partial charge is 0.168 e. The second-order valence-corrected chi connectivity index (χ2v) is 6.56. The van der Waals surface area contributed by atoms with Gasteiger partial charge in [0.2, 0.25) is 0 Å². The summed E-state index contributed by atoms with van der Waals surface area (Å²) in [5.41, 5.74) is 5.87. The predicted molar refractivity (Wildman–Crippen MR) is 74.8 cm³/mol. The van der Waals surface area contributed by atoms with Gasteiger partial charge >= 0.3 is 0 Å². The van der Waals surface area contributed by atoms with Gasteiger partial charge in [-0.1, -0.05) is 0 Å². The first-order chi connectivity index (χ1) is 9.22. The van der Waals surface area contributed by atoms with Gasteiger partial charge < -0.3 is 15.2 Å². The van der Waals surface area contributed by atoms with Crippen molar-refractivity contribution < 1.29 is 9.47 Å². The molecule has 2 unspecified atom stereocenters. The number of piperidine rings is 1. The van der Waals surface area contributed by atoms with Crippen molar-refractivity contribution in [2.75, 3.05) is 26.3 Å². The molecule has 0 aromatic heterocycles. The maximum atomic E-state index is 5.87. The third kappa shape index (κ3) is 2.82. The summed E-state index contributed by atoms with van der Waals surface area (Å²) in [6, 6.07) is 1.43. The van der Waals surface area contributed by atoms with Gasteiger partial charge in [0.1, 0.15) is 0 Å². The van der Waals surface area contributed by atoms with Crippen LogP contribution in [-0.4, -0.2) is 49.1 Å². The molecule has 2 saturated heterocycles. The van der Waals surface area contributed by atoms with Crippen LogP contribution >= 0.6 is 0 Å². The van der Waals surface area contributed by atoms with Crippen LogP contribution in [-0.2, 0) is 9.47 Å². The molecule has 0 bridgehead atoms. The van der Waals surface area contributed by atoms with E-state index in [2.05, 4.69) is 11.8 Å². The number of rotatable bonds is 2. The summed E-state index contributed by atoms with van der Waals surface area (Å²) in [4.78, 5) is 2.71. The normalized spacial score (nSPS) is 36.9. The van der Waals surface area contributed by atoms with Crippen molar-refractivity contribution in [1.82, 2.24) is 4.90 Å². The number of hydrogen-bond donors (Lipinski definition) is 1. The van der Waals surface area contributed by atoms with Crippen LogP contribution in [0.5, 0.6) is 0 Å². The van der Waals surface area contributed by atoms with E-state index in [1.165, 1.54) is 32.2 Å². The van der Waals surface area contributed by atoms with E-state index in [4.69, 9.17) is 15.2 Å². The zero-order chi connectivity index (χ0) is 13.3. The SMILES string of the molecule is CC1CCC(CN)CN1C1CCC2(CC1)OCCO2. The highest BCUT2D eigenvalue weighted by Crippen LogP contribution is 2.39. The summed E-state index contributed by atoms with van der Waals surface area (Å²) in [5.74, 6) is 0.481. The number of likely N-dealkylation sites (tertiary alicyclic amines) is 1. The lowest BCUT2D eigenvalue weighted by Gasteiger charge is -2.46. The Kier molecular flexibility index (Phi) is 4.13. The summed E-state index contributed by atoms with van der Waals surface area (Å²) in [6.45, 7) is 5.96. The second-order valence-electron chi connectivity index (χ2n) is 6.56. The Morgan fingerprint density at radius 3 is 2.42 bits per heavy atom. The van der Waals surface area contributed by atoms with E-state index < -0.39 is 0 Å². The Bertz CT molecular complexity index is 295. The molecule has 2 heterocycles. The van der Waals surface area contributed by atoms with Gasteiger partial charge in [-0.3, -0.25) is 4.90 Å². The Balaban J connectivity index is 1.57. The molecular formula is C15H28N2O2. The van der Waals surface area contributed by atoms with Crippen LogP contribution in [0, 0.1) is 5.92 Å². The highest BCUT2D eigenvalue weighted by molar-refractivity contribution is 4.91. The highest BCUT2D eigenvalue weighted by Gasteiger charge is 2.42. The molecule has 0 aromatic carbocycles. The Labute approximate surface area is 116 Å². The summed E-state index contributed by atoms with van der Waals surface area (Å²) >= 11 is 0. The molecule has 2 N–H and O–H groups in total. The van der Waals surface area contributed by atoms with Crippen molar-refractivity contribution in [1.29, 1.82) is 0 Å². The average Bonchev–Trinajstić information content (AvgIpc) is 2.89. The molecule has 110 valence electrons. The van der Waals surface area contributed by atoms with E-state index in [1.807, 2.05) is 0 Å². The molecule has 19 heavy (non-hydrogen) atoms. The van der Waals surface area contributed by atoms with Crippen molar-refractivity contribution in [2.45, 2.75) is 63.3 Å². The van der Waals surface area contributed by atoms with Crippen molar-refractivity contribution in [2.24, 2.45) is 11.7 Å². The van der Waals surface area contributed by atoms with Crippen LogP contribution in [0.2, 0.25) is 0 Å². The highest BCUT2D eigenvalue weighted by atomic mass is 16.7. The number of ether oxygens (including phenoxy) is 2. The minimum atomic E-state index is -0.219. The predicted octanol–water partition coefficient (Wildman–Crippen LogP) is 1.73. The molecule has 3 fully saturated rings. The third-order valence-electron chi connectivity index (χ3n) is 5.36. The summed E-state index contributed by atoms with van der Waals surface area (Å²) in [5, 5.41) is 0. The fourth-order valence-corrected chi connectivity index (χ4v) is 4.07. The van der Waals surface area contributed by atoms with Gasteiger partial charge in [-0.15, -0.1) is 0 Å². The van der Waals surface area contributed by atoms with Crippen LogP contribution < -0.4 is 5.73 Å². The molecule has 4 heteroatoms. The standard InChI is InChI=1S/C15H28N2O2/c1-12-2-3-13(10-16)11-17(12)14-4-6-15(7-5-14)18-8-9-19-15/h12-14H,2-11,16H2,1H3. The number of nitrogens with zero attached hydrogens (tertiary/aromatic N) is 1. The van der Waals surface area contributed by atoms with E-state index in [0.29, 0.717) is 18.0 Å².